The molecule has 0 saturated carbocycles. The maximum absolute atomic E-state index is 8.68. The standard InChI is InChI=1S/C13H18BrN3O/c1-2-10-4-3-7-17(10)12-6-5-9(8-11(12)14)13(15)16-18/h5-6,8,10,18H,2-4,7H2,1H3,(H2,15,16). The average Bonchev–Trinajstić information content (AvgIpc) is 2.85. The Morgan fingerprint density at radius 2 is 2.39 bits per heavy atom. The fourth-order valence-corrected chi connectivity index (χ4v) is 3.14. The average molecular weight is 312 g/mol. The summed E-state index contributed by atoms with van der Waals surface area (Å²) in [6.07, 6.45) is 3.66. The minimum absolute atomic E-state index is 0.135. The number of hydrogen-bond acceptors (Lipinski definition) is 3. The Balaban J connectivity index is 2.30. The van der Waals surface area contributed by atoms with Gasteiger partial charge in [-0.1, -0.05) is 12.1 Å². The summed E-state index contributed by atoms with van der Waals surface area (Å²) >= 11 is 3.58. The Labute approximate surface area is 116 Å². The molecule has 2 rings (SSSR count). The molecule has 98 valence electrons. The van der Waals surface area contributed by atoms with E-state index >= 15 is 0 Å². The third-order valence-electron chi connectivity index (χ3n) is 3.51. The van der Waals surface area contributed by atoms with E-state index in [1.807, 2.05) is 18.2 Å². The van der Waals surface area contributed by atoms with Gasteiger partial charge in [0.25, 0.3) is 0 Å². The second-order valence-electron chi connectivity index (χ2n) is 4.55. The summed E-state index contributed by atoms with van der Waals surface area (Å²) in [5.74, 6) is 0.135. The number of benzene rings is 1. The number of oxime groups is 1. The Bertz CT molecular complexity index is 462. The molecule has 3 N–H and O–H groups in total. The van der Waals surface area contributed by atoms with Crippen molar-refractivity contribution in [3.8, 4) is 0 Å². The van der Waals surface area contributed by atoms with Gasteiger partial charge in [0.2, 0.25) is 0 Å². The van der Waals surface area contributed by atoms with E-state index in [-0.39, 0.29) is 5.84 Å². The van der Waals surface area contributed by atoms with E-state index in [4.69, 9.17) is 10.9 Å². The van der Waals surface area contributed by atoms with Crippen LogP contribution in [0.2, 0.25) is 0 Å². The van der Waals surface area contributed by atoms with E-state index in [9.17, 15) is 0 Å². The molecule has 0 aromatic heterocycles. The summed E-state index contributed by atoms with van der Waals surface area (Å²) in [7, 11) is 0. The molecule has 1 heterocycles. The molecular formula is C13H18BrN3O. The fourth-order valence-electron chi connectivity index (χ4n) is 2.53. The maximum Gasteiger partial charge on any atom is 0.170 e. The summed E-state index contributed by atoms with van der Waals surface area (Å²) in [5, 5.41) is 11.7. The first-order chi connectivity index (χ1) is 8.67. The first kappa shape index (κ1) is 13.2. The quantitative estimate of drug-likeness (QED) is 0.390. The fraction of sp³-hybridized carbons (Fsp3) is 0.462. The Kier molecular flexibility index (Phi) is 4.11. The monoisotopic (exact) mass is 311 g/mol. The highest BCUT2D eigenvalue weighted by Gasteiger charge is 2.24. The molecule has 0 bridgehead atoms. The molecule has 1 atom stereocenters. The van der Waals surface area contributed by atoms with Crippen molar-refractivity contribution in [2.45, 2.75) is 32.2 Å². The second-order valence-corrected chi connectivity index (χ2v) is 5.40. The number of rotatable bonds is 3. The summed E-state index contributed by atoms with van der Waals surface area (Å²) in [5.41, 5.74) is 7.50. The first-order valence-electron chi connectivity index (χ1n) is 6.21. The zero-order valence-corrected chi connectivity index (χ0v) is 12.0. The van der Waals surface area contributed by atoms with Crippen LogP contribution in [0.3, 0.4) is 0 Å². The van der Waals surface area contributed by atoms with Gasteiger partial charge in [0, 0.05) is 22.6 Å². The lowest BCUT2D eigenvalue weighted by molar-refractivity contribution is 0.318. The van der Waals surface area contributed by atoms with Gasteiger partial charge >= 0.3 is 0 Å². The van der Waals surface area contributed by atoms with Crippen molar-refractivity contribution in [3.63, 3.8) is 0 Å². The maximum atomic E-state index is 8.68. The molecule has 18 heavy (non-hydrogen) atoms. The predicted molar refractivity (Wildman–Crippen MR) is 77.3 cm³/mol. The number of hydrogen-bond donors (Lipinski definition) is 2. The number of amidine groups is 1. The van der Waals surface area contributed by atoms with Crippen molar-refractivity contribution >= 4 is 27.5 Å². The van der Waals surface area contributed by atoms with Gasteiger partial charge in [-0.05, 0) is 53.4 Å². The van der Waals surface area contributed by atoms with E-state index in [1.54, 1.807) is 0 Å². The smallest absolute Gasteiger partial charge is 0.170 e. The van der Waals surface area contributed by atoms with Crippen LogP contribution in [-0.4, -0.2) is 23.6 Å². The van der Waals surface area contributed by atoms with Gasteiger partial charge < -0.3 is 15.8 Å². The highest BCUT2D eigenvalue weighted by atomic mass is 79.9. The zero-order valence-electron chi connectivity index (χ0n) is 10.4. The van der Waals surface area contributed by atoms with Crippen molar-refractivity contribution in [2.75, 3.05) is 11.4 Å². The molecule has 4 nitrogen and oxygen atoms in total. The van der Waals surface area contributed by atoms with E-state index in [1.165, 1.54) is 18.5 Å². The lowest BCUT2D eigenvalue weighted by atomic mass is 10.1. The van der Waals surface area contributed by atoms with Gasteiger partial charge in [-0.15, -0.1) is 0 Å². The van der Waals surface area contributed by atoms with Crippen LogP contribution in [0.5, 0.6) is 0 Å². The minimum atomic E-state index is 0.135. The van der Waals surface area contributed by atoms with Crippen LogP contribution in [0, 0.1) is 0 Å². The topological polar surface area (TPSA) is 61.8 Å². The molecule has 1 aromatic rings. The van der Waals surface area contributed by atoms with Crippen molar-refractivity contribution in [2.24, 2.45) is 10.9 Å². The minimum Gasteiger partial charge on any atom is -0.409 e. The molecule has 1 aliphatic heterocycles. The van der Waals surface area contributed by atoms with Gasteiger partial charge in [0.1, 0.15) is 0 Å². The second kappa shape index (κ2) is 5.61. The molecular weight excluding hydrogens is 294 g/mol. The Hall–Kier alpha value is -1.23. The molecule has 1 aliphatic rings. The molecule has 1 unspecified atom stereocenters. The highest BCUT2D eigenvalue weighted by Crippen LogP contribution is 2.33. The van der Waals surface area contributed by atoms with Gasteiger partial charge in [-0.2, -0.15) is 0 Å². The molecule has 1 aromatic carbocycles. The van der Waals surface area contributed by atoms with Gasteiger partial charge in [0.15, 0.2) is 5.84 Å². The molecule has 0 aliphatic carbocycles. The molecule has 1 fully saturated rings. The molecule has 5 heteroatoms. The normalized spacial score (nSPS) is 20.4. The van der Waals surface area contributed by atoms with Crippen LogP contribution >= 0.6 is 15.9 Å². The van der Waals surface area contributed by atoms with E-state index < -0.39 is 0 Å². The number of nitrogens with two attached hydrogens (primary N) is 1. The van der Waals surface area contributed by atoms with Crippen molar-refractivity contribution < 1.29 is 5.21 Å². The molecule has 0 radical (unpaired) electrons. The number of nitrogens with zero attached hydrogens (tertiary/aromatic N) is 2. The zero-order chi connectivity index (χ0) is 13.1. The van der Waals surface area contributed by atoms with Crippen LogP contribution < -0.4 is 10.6 Å². The van der Waals surface area contributed by atoms with E-state index in [2.05, 4.69) is 32.9 Å². The first-order valence-corrected chi connectivity index (χ1v) is 7.00. The van der Waals surface area contributed by atoms with Crippen LogP contribution in [0.1, 0.15) is 31.7 Å². The summed E-state index contributed by atoms with van der Waals surface area (Å²) in [4.78, 5) is 2.43. The van der Waals surface area contributed by atoms with Crippen LogP contribution in [0.4, 0.5) is 5.69 Å². The van der Waals surface area contributed by atoms with Crippen molar-refractivity contribution in [3.05, 3.63) is 28.2 Å². The summed E-state index contributed by atoms with van der Waals surface area (Å²) in [6.45, 7) is 3.32. The largest absolute Gasteiger partial charge is 0.409 e. The predicted octanol–water partition coefficient (Wildman–Crippen LogP) is 2.92. The third-order valence-corrected chi connectivity index (χ3v) is 4.14. The Morgan fingerprint density at radius 1 is 1.61 bits per heavy atom. The lowest BCUT2D eigenvalue weighted by Gasteiger charge is -2.27. The van der Waals surface area contributed by atoms with Crippen molar-refractivity contribution in [1.29, 1.82) is 0 Å². The van der Waals surface area contributed by atoms with Crippen LogP contribution in [0.15, 0.2) is 27.8 Å². The number of anilines is 1. The molecule has 1 saturated heterocycles. The summed E-state index contributed by atoms with van der Waals surface area (Å²) < 4.78 is 0.993. The SMILES string of the molecule is CCC1CCCN1c1ccc(/C(N)=N/O)cc1Br. The Morgan fingerprint density at radius 3 is 3.00 bits per heavy atom. The number of halogens is 1. The van der Waals surface area contributed by atoms with E-state index in [0.717, 1.165) is 23.0 Å². The van der Waals surface area contributed by atoms with Crippen molar-refractivity contribution in [1.82, 2.24) is 0 Å². The van der Waals surface area contributed by atoms with Crippen LogP contribution in [0.25, 0.3) is 0 Å². The summed E-state index contributed by atoms with van der Waals surface area (Å²) in [6, 6.07) is 6.44. The highest BCUT2D eigenvalue weighted by molar-refractivity contribution is 9.10. The molecule has 0 spiro atoms. The van der Waals surface area contributed by atoms with Gasteiger partial charge in [-0.25, -0.2) is 0 Å². The lowest BCUT2D eigenvalue weighted by Crippen LogP contribution is -2.28. The third kappa shape index (κ3) is 2.46. The van der Waals surface area contributed by atoms with E-state index in [0.29, 0.717) is 6.04 Å². The van der Waals surface area contributed by atoms with Crippen LogP contribution in [-0.2, 0) is 0 Å². The van der Waals surface area contributed by atoms with Gasteiger partial charge in [0.05, 0.1) is 5.69 Å². The van der Waals surface area contributed by atoms with Gasteiger partial charge in [-0.3, -0.25) is 0 Å². The molecule has 0 amide bonds.